The fourth-order valence-corrected chi connectivity index (χ4v) is 2.30. The van der Waals surface area contributed by atoms with Crippen LogP contribution >= 0.6 is 15.9 Å². The van der Waals surface area contributed by atoms with Crippen molar-refractivity contribution in [3.63, 3.8) is 0 Å². The van der Waals surface area contributed by atoms with E-state index in [1.165, 1.54) is 0 Å². The van der Waals surface area contributed by atoms with Crippen LogP contribution in [-0.2, 0) is 0 Å². The van der Waals surface area contributed by atoms with Crippen LogP contribution < -0.4 is 0 Å². The van der Waals surface area contributed by atoms with E-state index < -0.39 is 5.97 Å². The van der Waals surface area contributed by atoms with E-state index in [2.05, 4.69) is 21.0 Å². The Kier molecular flexibility index (Phi) is 3.58. The van der Waals surface area contributed by atoms with Crippen molar-refractivity contribution < 1.29 is 9.90 Å². The highest BCUT2D eigenvalue weighted by atomic mass is 79.9. The lowest BCUT2D eigenvalue weighted by atomic mass is 10.1. The summed E-state index contributed by atoms with van der Waals surface area (Å²) in [4.78, 5) is 11.0. The highest BCUT2D eigenvalue weighted by Crippen LogP contribution is 2.22. The number of carboxylic acid groups (broad SMARTS) is 1. The maximum Gasteiger partial charge on any atom is 0.335 e. The van der Waals surface area contributed by atoms with E-state index in [1.807, 2.05) is 36.5 Å². The van der Waals surface area contributed by atoms with Crippen LogP contribution in [0.25, 0.3) is 16.8 Å². The summed E-state index contributed by atoms with van der Waals surface area (Å²) in [6.45, 7) is 0. The third kappa shape index (κ3) is 2.87. The molecular weight excluding hydrogens is 332 g/mol. The smallest absolute Gasteiger partial charge is 0.335 e. The van der Waals surface area contributed by atoms with Gasteiger partial charge >= 0.3 is 5.97 Å². The van der Waals surface area contributed by atoms with Crippen LogP contribution in [-0.4, -0.2) is 20.9 Å². The van der Waals surface area contributed by atoms with Crippen LogP contribution in [0.1, 0.15) is 10.4 Å². The molecule has 1 aromatic heterocycles. The Bertz CT molecular complexity index is 794. The molecule has 5 heteroatoms. The summed E-state index contributed by atoms with van der Waals surface area (Å²) >= 11 is 3.40. The van der Waals surface area contributed by atoms with E-state index in [0.717, 1.165) is 21.3 Å². The van der Waals surface area contributed by atoms with Crippen molar-refractivity contribution in [1.29, 1.82) is 0 Å². The summed E-state index contributed by atoms with van der Waals surface area (Å²) in [5, 5.41) is 13.3. The minimum absolute atomic E-state index is 0.244. The summed E-state index contributed by atoms with van der Waals surface area (Å²) in [6, 6.07) is 14.6. The largest absolute Gasteiger partial charge is 0.478 e. The van der Waals surface area contributed by atoms with Crippen molar-refractivity contribution in [2.75, 3.05) is 0 Å². The SMILES string of the molecule is O=C(O)c1cccc(-n2cc(-c3ccc(Br)cc3)cn2)c1. The molecule has 0 aliphatic rings. The van der Waals surface area contributed by atoms with Crippen molar-refractivity contribution >= 4 is 21.9 Å². The van der Waals surface area contributed by atoms with Crippen molar-refractivity contribution in [3.8, 4) is 16.8 Å². The van der Waals surface area contributed by atoms with Crippen LogP contribution in [0.15, 0.2) is 65.4 Å². The average Bonchev–Trinajstić information content (AvgIpc) is 2.98. The van der Waals surface area contributed by atoms with Gasteiger partial charge in [-0.15, -0.1) is 0 Å². The molecule has 0 atom stereocenters. The lowest BCUT2D eigenvalue weighted by Crippen LogP contribution is -1.99. The maximum atomic E-state index is 11.0. The fraction of sp³-hybridized carbons (Fsp3) is 0. The second-order valence-corrected chi connectivity index (χ2v) is 5.45. The first-order valence-corrected chi connectivity index (χ1v) is 7.07. The summed E-state index contributed by atoms with van der Waals surface area (Å²) in [6.07, 6.45) is 3.64. The number of aromatic carboxylic acids is 1. The number of halogens is 1. The normalized spacial score (nSPS) is 10.5. The Balaban J connectivity index is 1.96. The standard InChI is InChI=1S/C16H11BrN2O2/c17-14-6-4-11(5-7-14)13-9-18-19(10-13)15-3-1-2-12(8-15)16(20)21/h1-10H,(H,20,21). The van der Waals surface area contributed by atoms with Gasteiger partial charge in [-0.3, -0.25) is 0 Å². The molecule has 1 N–H and O–H groups in total. The number of rotatable bonds is 3. The van der Waals surface area contributed by atoms with Gasteiger partial charge in [-0.1, -0.05) is 34.1 Å². The molecule has 0 fully saturated rings. The summed E-state index contributed by atoms with van der Waals surface area (Å²) in [7, 11) is 0. The van der Waals surface area contributed by atoms with Crippen molar-refractivity contribution in [1.82, 2.24) is 9.78 Å². The first-order valence-electron chi connectivity index (χ1n) is 6.28. The Hall–Kier alpha value is -2.40. The highest BCUT2D eigenvalue weighted by Gasteiger charge is 2.07. The molecule has 3 rings (SSSR count). The third-order valence-corrected chi connectivity index (χ3v) is 3.65. The van der Waals surface area contributed by atoms with Crippen LogP contribution in [0, 0.1) is 0 Å². The third-order valence-electron chi connectivity index (χ3n) is 3.12. The fourth-order valence-electron chi connectivity index (χ4n) is 2.04. The monoisotopic (exact) mass is 342 g/mol. The molecule has 0 bridgehead atoms. The second kappa shape index (κ2) is 5.54. The van der Waals surface area contributed by atoms with Crippen molar-refractivity contribution in [3.05, 3.63) is 71.0 Å². The van der Waals surface area contributed by atoms with Crippen molar-refractivity contribution in [2.45, 2.75) is 0 Å². The molecule has 0 amide bonds. The topological polar surface area (TPSA) is 55.1 Å². The van der Waals surface area contributed by atoms with E-state index in [9.17, 15) is 4.79 Å². The molecule has 0 saturated heterocycles. The van der Waals surface area contributed by atoms with Gasteiger partial charge in [0, 0.05) is 16.2 Å². The molecule has 0 aliphatic heterocycles. The predicted octanol–water partition coefficient (Wildman–Crippen LogP) is 4.00. The molecule has 0 radical (unpaired) electrons. The zero-order valence-electron chi connectivity index (χ0n) is 10.9. The minimum Gasteiger partial charge on any atom is -0.478 e. The number of benzene rings is 2. The Morgan fingerprint density at radius 1 is 1.10 bits per heavy atom. The van der Waals surface area contributed by atoms with Gasteiger partial charge in [-0.05, 0) is 35.9 Å². The molecule has 21 heavy (non-hydrogen) atoms. The van der Waals surface area contributed by atoms with E-state index in [4.69, 9.17) is 5.11 Å². The average molecular weight is 343 g/mol. The summed E-state index contributed by atoms with van der Waals surface area (Å²) in [5.74, 6) is -0.947. The number of nitrogens with zero attached hydrogens (tertiary/aromatic N) is 2. The Morgan fingerprint density at radius 3 is 2.57 bits per heavy atom. The van der Waals surface area contributed by atoms with Gasteiger partial charge in [0.1, 0.15) is 0 Å². The number of aromatic nitrogens is 2. The molecule has 0 aliphatic carbocycles. The molecular formula is C16H11BrN2O2. The highest BCUT2D eigenvalue weighted by molar-refractivity contribution is 9.10. The van der Waals surface area contributed by atoms with Gasteiger partial charge < -0.3 is 5.11 Å². The molecule has 3 aromatic rings. The van der Waals surface area contributed by atoms with E-state index in [0.29, 0.717) is 0 Å². The molecule has 0 unspecified atom stereocenters. The first kappa shape index (κ1) is 13.6. The maximum absolute atomic E-state index is 11.0. The molecule has 2 aromatic carbocycles. The molecule has 0 spiro atoms. The number of hydrogen-bond acceptors (Lipinski definition) is 2. The molecule has 104 valence electrons. The van der Waals surface area contributed by atoms with E-state index in [-0.39, 0.29) is 5.56 Å². The van der Waals surface area contributed by atoms with Crippen molar-refractivity contribution in [2.24, 2.45) is 0 Å². The molecule has 0 saturated carbocycles. The Labute approximate surface area is 129 Å². The predicted molar refractivity (Wildman–Crippen MR) is 83.7 cm³/mol. The second-order valence-electron chi connectivity index (χ2n) is 4.54. The zero-order valence-corrected chi connectivity index (χ0v) is 12.5. The van der Waals surface area contributed by atoms with E-state index in [1.54, 1.807) is 29.1 Å². The first-order chi connectivity index (χ1) is 10.1. The summed E-state index contributed by atoms with van der Waals surface area (Å²) in [5.41, 5.74) is 2.99. The van der Waals surface area contributed by atoms with Gasteiger partial charge in [0.25, 0.3) is 0 Å². The van der Waals surface area contributed by atoms with Crippen LogP contribution in [0.4, 0.5) is 0 Å². The Morgan fingerprint density at radius 2 is 1.86 bits per heavy atom. The number of hydrogen-bond donors (Lipinski definition) is 1. The van der Waals surface area contributed by atoms with Crippen LogP contribution in [0.5, 0.6) is 0 Å². The van der Waals surface area contributed by atoms with Crippen LogP contribution in [0.3, 0.4) is 0 Å². The van der Waals surface area contributed by atoms with Gasteiger partial charge in [0.15, 0.2) is 0 Å². The summed E-state index contributed by atoms with van der Waals surface area (Å²) < 4.78 is 2.69. The zero-order chi connectivity index (χ0) is 14.8. The van der Waals surface area contributed by atoms with Gasteiger partial charge in [0.05, 0.1) is 17.4 Å². The minimum atomic E-state index is -0.947. The van der Waals surface area contributed by atoms with Gasteiger partial charge in [-0.25, -0.2) is 9.48 Å². The number of carboxylic acids is 1. The molecule has 1 heterocycles. The lowest BCUT2D eigenvalue weighted by Gasteiger charge is -2.02. The molecule has 4 nitrogen and oxygen atoms in total. The quantitative estimate of drug-likeness (QED) is 0.782. The van der Waals surface area contributed by atoms with Crippen LogP contribution in [0.2, 0.25) is 0 Å². The van der Waals surface area contributed by atoms with Gasteiger partial charge in [0.2, 0.25) is 0 Å². The number of carbonyl (C=O) groups is 1. The van der Waals surface area contributed by atoms with Gasteiger partial charge in [-0.2, -0.15) is 5.10 Å². The van der Waals surface area contributed by atoms with E-state index >= 15 is 0 Å². The lowest BCUT2D eigenvalue weighted by molar-refractivity contribution is 0.0697.